The highest BCUT2D eigenvalue weighted by atomic mass is 16.5. The number of benzene rings is 1. The number of nitrogens with zero attached hydrogens (tertiary/aromatic N) is 4. The maximum absolute atomic E-state index is 9.98. The minimum Gasteiger partial charge on any atom is -0.424 e. The van der Waals surface area contributed by atoms with Gasteiger partial charge in [-0.3, -0.25) is 0 Å². The van der Waals surface area contributed by atoms with E-state index in [9.17, 15) is 5.26 Å². The summed E-state index contributed by atoms with van der Waals surface area (Å²) in [5.74, 6) is 0.645. The zero-order valence-corrected chi connectivity index (χ0v) is 15.7. The molecule has 1 fully saturated rings. The van der Waals surface area contributed by atoms with Crippen molar-refractivity contribution in [2.24, 2.45) is 5.73 Å². The average molecular weight is 384 g/mol. The van der Waals surface area contributed by atoms with Crippen LogP contribution in [0.2, 0.25) is 0 Å². The van der Waals surface area contributed by atoms with Crippen LogP contribution in [0.1, 0.15) is 36.6 Å². The first kappa shape index (κ1) is 17.5. The lowest BCUT2D eigenvalue weighted by atomic mass is 9.92. The lowest BCUT2D eigenvalue weighted by Crippen LogP contribution is -2.33. The van der Waals surface area contributed by atoms with Crippen molar-refractivity contribution in [1.82, 2.24) is 19.9 Å². The van der Waals surface area contributed by atoms with Gasteiger partial charge in [-0.15, -0.1) is 0 Å². The summed E-state index contributed by atoms with van der Waals surface area (Å²) in [7, 11) is 0. The van der Waals surface area contributed by atoms with E-state index >= 15 is 0 Å². The maximum Gasteiger partial charge on any atom is 0.321 e. The van der Waals surface area contributed by atoms with Crippen LogP contribution in [0.5, 0.6) is 11.8 Å². The monoisotopic (exact) mass is 384 g/mol. The first-order valence-electron chi connectivity index (χ1n) is 9.68. The molecule has 0 saturated heterocycles. The van der Waals surface area contributed by atoms with Gasteiger partial charge < -0.3 is 20.4 Å². The Kier molecular flexibility index (Phi) is 4.26. The normalized spacial score (nSPS) is 18.6. The van der Waals surface area contributed by atoms with Crippen molar-refractivity contribution in [3.8, 4) is 17.8 Å². The van der Waals surface area contributed by atoms with Crippen molar-refractivity contribution >= 4 is 16.5 Å². The molecule has 0 spiro atoms. The van der Waals surface area contributed by atoms with Crippen LogP contribution < -0.4 is 15.8 Å². The Labute approximate surface area is 168 Å². The fraction of sp³-hybridized carbons (Fsp3) is 0.227. The zero-order chi connectivity index (χ0) is 19.8. The smallest absolute Gasteiger partial charge is 0.321 e. The van der Waals surface area contributed by atoms with Crippen LogP contribution in [-0.2, 0) is 0 Å². The van der Waals surface area contributed by atoms with E-state index < -0.39 is 0 Å². The highest BCUT2D eigenvalue weighted by Gasteiger charge is 2.28. The molecule has 29 heavy (non-hydrogen) atoms. The summed E-state index contributed by atoms with van der Waals surface area (Å²) in [5.41, 5.74) is 9.45. The molecule has 3 aromatic rings. The highest BCUT2D eigenvalue weighted by Crippen LogP contribution is 2.42. The number of nitriles is 1. The average Bonchev–Trinajstić information content (AvgIpc) is 3.01. The quantitative estimate of drug-likeness (QED) is 0.712. The molecule has 1 saturated carbocycles. The lowest BCUT2D eigenvalue weighted by Gasteiger charge is -2.31. The fourth-order valence-electron chi connectivity index (χ4n) is 3.86. The number of allylic oxidation sites excluding steroid dienone is 2. The molecule has 2 aromatic heterocycles. The number of hydrogen-bond donors (Lipinski definition) is 2. The van der Waals surface area contributed by atoms with E-state index in [1.165, 1.54) is 6.42 Å². The molecule has 0 bridgehead atoms. The second-order valence-electron chi connectivity index (χ2n) is 7.25. The van der Waals surface area contributed by atoms with Crippen molar-refractivity contribution < 1.29 is 4.74 Å². The van der Waals surface area contributed by atoms with E-state index in [1.807, 2.05) is 36.6 Å². The van der Waals surface area contributed by atoms with Gasteiger partial charge >= 0.3 is 6.01 Å². The first-order valence-corrected chi connectivity index (χ1v) is 9.68. The third-order valence-electron chi connectivity index (χ3n) is 5.47. The van der Waals surface area contributed by atoms with Crippen molar-refractivity contribution in [2.75, 3.05) is 0 Å². The molecule has 1 aliphatic carbocycles. The Hall–Kier alpha value is -3.63. The SMILES string of the molecule is N#Cc1c(C2=CNC(N)C=C2)n(C2CCC2)c2cc(Oc3ncccn3)ccc12. The molecule has 144 valence electrons. The van der Waals surface area contributed by atoms with E-state index in [0.29, 0.717) is 23.4 Å². The van der Waals surface area contributed by atoms with Crippen LogP contribution in [0.25, 0.3) is 16.5 Å². The molecule has 5 rings (SSSR count). The Balaban J connectivity index is 1.67. The van der Waals surface area contributed by atoms with Crippen molar-refractivity contribution in [2.45, 2.75) is 31.5 Å². The molecule has 2 aliphatic rings. The van der Waals surface area contributed by atoms with Crippen molar-refractivity contribution in [3.63, 3.8) is 0 Å². The van der Waals surface area contributed by atoms with Crippen LogP contribution in [0.15, 0.2) is 55.0 Å². The second-order valence-corrected chi connectivity index (χ2v) is 7.25. The highest BCUT2D eigenvalue weighted by molar-refractivity contribution is 5.95. The van der Waals surface area contributed by atoms with E-state index in [-0.39, 0.29) is 6.17 Å². The molecule has 0 amide bonds. The molecule has 7 heteroatoms. The number of ether oxygens (including phenoxy) is 1. The standard InChI is InChI=1S/C22H20N6O/c23-12-18-17-7-6-16(29-22-25-9-2-10-26-22)11-19(17)28(15-3-1-4-15)21(18)14-5-8-20(24)27-13-14/h2,5-11,13,15,20,27H,1,3-4,24H2. The van der Waals surface area contributed by atoms with Crippen LogP contribution in [-0.4, -0.2) is 20.7 Å². The van der Waals surface area contributed by atoms with Gasteiger partial charge in [0.05, 0.1) is 22.9 Å². The maximum atomic E-state index is 9.98. The second kappa shape index (κ2) is 7.08. The number of nitrogens with one attached hydrogen (secondary N) is 1. The van der Waals surface area contributed by atoms with E-state index in [2.05, 4.69) is 25.9 Å². The van der Waals surface area contributed by atoms with Gasteiger partial charge in [-0.25, -0.2) is 9.97 Å². The summed E-state index contributed by atoms with van der Waals surface area (Å²) in [5, 5.41) is 14.0. The Morgan fingerprint density at radius 3 is 2.72 bits per heavy atom. The minimum absolute atomic E-state index is 0.211. The predicted molar refractivity (Wildman–Crippen MR) is 110 cm³/mol. The lowest BCUT2D eigenvalue weighted by molar-refractivity contribution is 0.319. The van der Waals surface area contributed by atoms with Gasteiger partial charge in [0.25, 0.3) is 0 Å². The van der Waals surface area contributed by atoms with E-state index in [4.69, 9.17) is 10.5 Å². The topological polar surface area (TPSA) is 102 Å². The summed E-state index contributed by atoms with van der Waals surface area (Å²) in [4.78, 5) is 8.26. The predicted octanol–water partition coefficient (Wildman–Crippen LogP) is 3.61. The molecule has 3 N–H and O–H groups in total. The summed E-state index contributed by atoms with van der Waals surface area (Å²) in [6.07, 6.45) is 12.2. The Morgan fingerprint density at radius 2 is 2.07 bits per heavy atom. The molecule has 0 radical (unpaired) electrons. The van der Waals surface area contributed by atoms with Gasteiger partial charge in [0.1, 0.15) is 11.8 Å². The third kappa shape index (κ3) is 3.04. The summed E-state index contributed by atoms with van der Waals surface area (Å²) in [6.45, 7) is 0. The van der Waals surface area contributed by atoms with Crippen LogP contribution in [0.3, 0.4) is 0 Å². The number of dihydropyridines is 1. The fourth-order valence-corrected chi connectivity index (χ4v) is 3.86. The molecule has 1 atom stereocenters. The van der Waals surface area contributed by atoms with Crippen LogP contribution in [0, 0.1) is 11.3 Å². The number of hydrogen-bond acceptors (Lipinski definition) is 6. The molecule has 7 nitrogen and oxygen atoms in total. The molecule has 1 aliphatic heterocycles. The van der Waals surface area contributed by atoms with Crippen molar-refractivity contribution in [1.29, 1.82) is 5.26 Å². The van der Waals surface area contributed by atoms with Gasteiger partial charge in [-0.2, -0.15) is 5.26 Å². The van der Waals surface area contributed by atoms with Crippen molar-refractivity contribution in [3.05, 3.63) is 66.3 Å². The number of aromatic nitrogens is 3. The summed E-state index contributed by atoms with van der Waals surface area (Å²) < 4.78 is 8.12. The van der Waals surface area contributed by atoms with Gasteiger partial charge in [0.2, 0.25) is 0 Å². The molecule has 1 aromatic carbocycles. The largest absolute Gasteiger partial charge is 0.424 e. The zero-order valence-electron chi connectivity index (χ0n) is 15.7. The third-order valence-corrected chi connectivity index (χ3v) is 5.47. The molecular formula is C22H20N6O. The summed E-state index contributed by atoms with van der Waals surface area (Å²) in [6, 6.07) is 10.6. The minimum atomic E-state index is -0.211. The van der Waals surface area contributed by atoms with Crippen LogP contribution in [0.4, 0.5) is 0 Å². The van der Waals surface area contributed by atoms with Crippen LogP contribution >= 0.6 is 0 Å². The van der Waals surface area contributed by atoms with Gasteiger partial charge in [-0.1, -0.05) is 6.08 Å². The number of fused-ring (bicyclic) bond motifs is 1. The Bertz CT molecular complexity index is 1170. The Morgan fingerprint density at radius 1 is 1.24 bits per heavy atom. The van der Waals surface area contributed by atoms with Gasteiger partial charge in [0.15, 0.2) is 0 Å². The number of nitrogens with two attached hydrogens (primary N) is 1. The molecular weight excluding hydrogens is 364 g/mol. The van der Waals surface area contributed by atoms with E-state index in [0.717, 1.165) is 35.0 Å². The van der Waals surface area contributed by atoms with Gasteiger partial charge in [0, 0.05) is 41.7 Å². The molecule has 3 heterocycles. The first-order chi connectivity index (χ1) is 14.2. The number of rotatable bonds is 4. The van der Waals surface area contributed by atoms with E-state index in [1.54, 1.807) is 18.5 Å². The molecule has 1 unspecified atom stereocenters. The van der Waals surface area contributed by atoms with Gasteiger partial charge in [-0.05, 0) is 43.5 Å². The summed E-state index contributed by atoms with van der Waals surface area (Å²) >= 11 is 0.